The summed E-state index contributed by atoms with van der Waals surface area (Å²) in [5, 5.41) is 5.14. The highest BCUT2D eigenvalue weighted by molar-refractivity contribution is 7.17. The first-order valence-corrected chi connectivity index (χ1v) is 10.1. The van der Waals surface area contributed by atoms with Crippen molar-refractivity contribution in [3.8, 4) is 11.3 Å². The molecule has 0 saturated heterocycles. The Labute approximate surface area is 168 Å². The molecule has 2 aromatic carbocycles. The quantitative estimate of drug-likeness (QED) is 0.428. The van der Waals surface area contributed by atoms with Crippen molar-refractivity contribution >= 4 is 27.5 Å². The Morgan fingerprint density at radius 3 is 2.46 bits per heavy atom. The first kappa shape index (κ1) is 18.1. The minimum absolute atomic E-state index is 0.0982. The second-order valence-electron chi connectivity index (χ2n) is 6.44. The number of nitrogens with zero attached hydrogens (tertiary/aromatic N) is 1. The summed E-state index contributed by atoms with van der Waals surface area (Å²) in [7, 11) is 0. The maximum Gasteiger partial charge on any atom is 0.253 e. The maximum atomic E-state index is 13.2. The van der Waals surface area contributed by atoms with Gasteiger partial charge in [-0.1, -0.05) is 72.8 Å². The van der Waals surface area contributed by atoms with Crippen LogP contribution in [0.15, 0.2) is 90.3 Å². The largest absolute Gasteiger partial charge is 0.342 e. The lowest BCUT2D eigenvalue weighted by molar-refractivity contribution is 0.0946. The van der Waals surface area contributed by atoms with Crippen molar-refractivity contribution in [1.29, 1.82) is 0 Å². The fraction of sp³-hybridized carbons (Fsp3) is 0.0833. The molecule has 138 valence electrons. The average Bonchev–Trinajstić information content (AvgIpc) is 3.22. The number of rotatable bonds is 5. The average molecular weight is 385 g/mol. The Kier molecular flexibility index (Phi) is 5.31. The van der Waals surface area contributed by atoms with E-state index in [9.17, 15) is 4.79 Å². The number of hydrogen-bond donors (Lipinski definition) is 1. The van der Waals surface area contributed by atoms with Crippen molar-refractivity contribution in [2.45, 2.75) is 13.0 Å². The Balaban J connectivity index is 1.73. The third-order valence-corrected chi connectivity index (χ3v) is 5.49. The summed E-state index contributed by atoms with van der Waals surface area (Å²) in [6, 6.07) is 23.6. The summed E-state index contributed by atoms with van der Waals surface area (Å²) in [6.45, 7) is 1.96. The molecule has 0 aliphatic carbocycles. The lowest BCUT2D eigenvalue weighted by Crippen LogP contribution is -2.27. The molecule has 0 saturated carbocycles. The highest BCUT2D eigenvalue weighted by Crippen LogP contribution is 2.29. The number of aromatic nitrogens is 1. The van der Waals surface area contributed by atoms with Crippen LogP contribution in [0.3, 0.4) is 0 Å². The summed E-state index contributed by atoms with van der Waals surface area (Å²) >= 11 is 1.54. The lowest BCUT2D eigenvalue weighted by atomic mass is 10.0. The summed E-state index contributed by atoms with van der Waals surface area (Å²) < 4.78 is 0.907. The van der Waals surface area contributed by atoms with E-state index in [0.29, 0.717) is 5.56 Å². The van der Waals surface area contributed by atoms with E-state index in [4.69, 9.17) is 4.98 Å². The van der Waals surface area contributed by atoms with Crippen LogP contribution in [0.1, 0.15) is 28.9 Å². The molecule has 2 aromatic heterocycles. The number of fused-ring (bicyclic) bond motifs is 1. The van der Waals surface area contributed by atoms with Gasteiger partial charge in [0.05, 0.1) is 27.5 Å². The number of nitrogens with one attached hydrogen (secondary N) is 1. The second kappa shape index (κ2) is 8.19. The van der Waals surface area contributed by atoms with Crippen molar-refractivity contribution in [2.24, 2.45) is 0 Å². The van der Waals surface area contributed by atoms with Gasteiger partial charge >= 0.3 is 0 Å². The van der Waals surface area contributed by atoms with E-state index >= 15 is 0 Å². The van der Waals surface area contributed by atoms with Crippen molar-refractivity contribution in [3.05, 3.63) is 101 Å². The molecule has 1 N–H and O–H groups in total. The number of allylic oxidation sites excluding steroid dienone is 1. The van der Waals surface area contributed by atoms with Crippen LogP contribution in [0.5, 0.6) is 0 Å². The van der Waals surface area contributed by atoms with Gasteiger partial charge in [0.2, 0.25) is 0 Å². The van der Waals surface area contributed by atoms with Crippen LogP contribution in [0.25, 0.3) is 21.5 Å². The predicted octanol–water partition coefficient (Wildman–Crippen LogP) is 6.01. The smallest absolute Gasteiger partial charge is 0.253 e. The number of pyridine rings is 1. The van der Waals surface area contributed by atoms with Crippen LogP contribution in [0.4, 0.5) is 0 Å². The minimum Gasteiger partial charge on any atom is -0.342 e. The van der Waals surface area contributed by atoms with Crippen LogP contribution in [-0.4, -0.2) is 10.9 Å². The molecule has 1 atom stereocenters. The van der Waals surface area contributed by atoms with Gasteiger partial charge in [0.15, 0.2) is 0 Å². The van der Waals surface area contributed by atoms with Gasteiger partial charge in [-0.25, -0.2) is 4.98 Å². The van der Waals surface area contributed by atoms with E-state index in [1.165, 1.54) is 0 Å². The SMILES string of the molecule is C/C=C/C(NC(=O)c1cc(-c2ccccc2)nc2ccsc12)c1ccccc1. The van der Waals surface area contributed by atoms with Crippen LogP contribution >= 0.6 is 11.3 Å². The monoisotopic (exact) mass is 384 g/mol. The zero-order valence-electron chi connectivity index (χ0n) is 15.5. The molecule has 4 rings (SSSR count). The number of benzene rings is 2. The van der Waals surface area contributed by atoms with E-state index in [-0.39, 0.29) is 11.9 Å². The first-order valence-electron chi connectivity index (χ1n) is 9.18. The topological polar surface area (TPSA) is 42.0 Å². The summed E-state index contributed by atoms with van der Waals surface area (Å²) in [4.78, 5) is 18.0. The number of carbonyl (C=O) groups excluding carboxylic acids is 1. The zero-order chi connectivity index (χ0) is 19.3. The van der Waals surface area contributed by atoms with Crippen LogP contribution < -0.4 is 5.32 Å². The molecule has 0 aliphatic heterocycles. The molecule has 0 aliphatic rings. The number of thiophene rings is 1. The molecule has 3 nitrogen and oxygen atoms in total. The van der Waals surface area contributed by atoms with Gasteiger partial charge in [-0.2, -0.15) is 0 Å². The van der Waals surface area contributed by atoms with Gasteiger partial charge in [0.25, 0.3) is 5.91 Å². The van der Waals surface area contributed by atoms with Crippen molar-refractivity contribution in [3.63, 3.8) is 0 Å². The van der Waals surface area contributed by atoms with Crippen LogP contribution in [-0.2, 0) is 0 Å². The third kappa shape index (κ3) is 3.73. The first-order chi connectivity index (χ1) is 13.8. The van der Waals surface area contributed by atoms with E-state index in [1.54, 1.807) is 11.3 Å². The highest BCUT2D eigenvalue weighted by atomic mass is 32.1. The van der Waals surface area contributed by atoms with Crippen molar-refractivity contribution in [2.75, 3.05) is 0 Å². The Bertz CT molecular complexity index is 1120. The summed E-state index contributed by atoms with van der Waals surface area (Å²) in [5.74, 6) is -0.0982. The maximum absolute atomic E-state index is 13.2. The van der Waals surface area contributed by atoms with Gasteiger partial charge in [-0.15, -0.1) is 11.3 Å². The van der Waals surface area contributed by atoms with Gasteiger partial charge in [-0.05, 0) is 30.0 Å². The Hall–Kier alpha value is -3.24. The molecule has 0 fully saturated rings. The molecule has 4 heteroatoms. The molecule has 4 aromatic rings. The molecule has 2 heterocycles. The fourth-order valence-electron chi connectivity index (χ4n) is 3.20. The lowest BCUT2D eigenvalue weighted by Gasteiger charge is -2.16. The van der Waals surface area contributed by atoms with Crippen LogP contribution in [0, 0.1) is 0 Å². The molecular formula is C24H20N2OS. The van der Waals surface area contributed by atoms with Gasteiger partial charge in [-0.3, -0.25) is 4.79 Å². The zero-order valence-corrected chi connectivity index (χ0v) is 16.3. The number of amides is 1. The van der Waals surface area contributed by atoms with E-state index in [1.807, 2.05) is 97.3 Å². The van der Waals surface area contributed by atoms with E-state index in [0.717, 1.165) is 27.0 Å². The Morgan fingerprint density at radius 2 is 1.75 bits per heavy atom. The molecule has 0 radical (unpaired) electrons. The predicted molar refractivity (Wildman–Crippen MR) is 117 cm³/mol. The minimum atomic E-state index is -0.179. The van der Waals surface area contributed by atoms with Crippen molar-refractivity contribution in [1.82, 2.24) is 10.3 Å². The highest BCUT2D eigenvalue weighted by Gasteiger charge is 2.18. The van der Waals surface area contributed by atoms with Crippen molar-refractivity contribution < 1.29 is 4.79 Å². The summed E-state index contributed by atoms with van der Waals surface area (Å²) in [6.07, 6.45) is 3.96. The molecular weight excluding hydrogens is 364 g/mol. The summed E-state index contributed by atoms with van der Waals surface area (Å²) in [5.41, 5.74) is 4.36. The van der Waals surface area contributed by atoms with Gasteiger partial charge in [0, 0.05) is 5.56 Å². The fourth-order valence-corrected chi connectivity index (χ4v) is 4.04. The standard InChI is InChI=1S/C24H20N2OS/c1-2-9-20(17-10-5-3-6-11-17)26-24(27)19-16-22(18-12-7-4-8-13-18)25-21-14-15-28-23(19)21/h2-16,20H,1H3,(H,26,27)/b9-2+. The molecule has 0 bridgehead atoms. The Morgan fingerprint density at radius 1 is 1.04 bits per heavy atom. The van der Waals surface area contributed by atoms with Crippen LogP contribution in [0.2, 0.25) is 0 Å². The number of carbonyl (C=O) groups is 1. The molecule has 0 spiro atoms. The molecule has 28 heavy (non-hydrogen) atoms. The van der Waals surface area contributed by atoms with E-state index in [2.05, 4.69) is 5.32 Å². The van der Waals surface area contributed by atoms with E-state index < -0.39 is 0 Å². The van der Waals surface area contributed by atoms with Gasteiger partial charge < -0.3 is 5.32 Å². The normalized spacial score (nSPS) is 12.3. The third-order valence-electron chi connectivity index (χ3n) is 4.56. The molecule has 1 amide bonds. The molecule has 1 unspecified atom stereocenters. The second-order valence-corrected chi connectivity index (χ2v) is 7.36. The van der Waals surface area contributed by atoms with Gasteiger partial charge in [0.1, 0.15) is 0 Å². The number of hydrogen-bond acceptors (Lipinski definition) is 3.